The van der Waals surface area contributed by atoms with Gasteiger partial charge in [-0.05, 0) is 18.2 Å². The van der Waals surface area contributed by atoms with Crippen molar-refractivity contribution in [3.63, 3.8) is 0 Å². The molecule has 0 aliphatic carbocycles. The molecule has 0 saturated carbocycles. The van der Waals surface area contributed by atoms with E-state index in [1.54, 1.807) is 13.3 Å². The van der Waals surface area contributed by atoms with Crippen LogP contribution in [0, 0.1) is 5.82 Å². The first-order valence-electron chi connectivity index (χ1n) is 10.8. The summed E-state index contributed by atoms with van der Waals surface area (Å²) >= 11 is 0. The first kappa shape index (κ1) is 23.3. The zero-order valence-electron chi connectivity index (χ0n) is 19.4. The van der Waals surface area contributed by atoms with E-state index in [1.807, 2.05) is 54.2 Å². The molecular formula is C23H27FN8O2. The quantitative estimate of drug-likeness (QED) is 0.498. The molecule has 178 valence electrons. The average Bonchev–Trinajstić information content (AvgIpc) is 2.86. The molecule has 1 saturated heterocycles. The zero-order chi connectivity index (χ0) is 23.9. The van der Waals surface area contributed by atoms with E-state index in [0.29, 0.717) is 26.3 Å². The molecule has 1 aromatic carbocycles. The van der Waals surface area contributed by atoms with Gasteiger partial charge in [0.2, 0.25) is 0 Å². The molecule has 4 rings (SSSR count). The molecule has 0 atom stereocenters. The molecular weight excluding hydrogens is 439 g/mol. The largest absolute Gasteiger partial charge is 0.497 e. The lowest BCUT2D eigenvalue weighted by Gasteiger charge is -2.27. The Labute approximate surface area is 197 Å². The number of hydrogen-bond donors (Lipinski definition) is 1. The highest BCUT2D eigenvalue weighted by Gasteiger charge is 2.17. The number of halogens is 1. The minimum absolute atomic E-state index is 0.107. The fourth-order valence-corrected chi connectivity index (χ4v) is 3.36. The molecule has 2 aromatic heterocycles. The predicted molar refractivity (Wildman–Crippen MR) is 128 cm³/mol. The number of nitrogens with one attached hydrogen (secondary N) is 1. The smallest absolute Gasteiger partial charge is 0.270 e. The van der Waals surface area contributed by atoms with Gasteiger partial charge in [0.15, 0.2) is 11.6 Å². The van der Waals surface area contributed by atoms with Crippen molar-refractivity contribution in [2.75, 3.05) is 62.6 Å². The van der Waals surface area contributed by atoms with Gasteiger partial charge in [-0.2, -0.15) is 10.1 Å². The van der Waals surface area contributed by atoms with Crippen LogP contribution in [0.25, 0.3) is 0 Å². The second-order valence-electron chi connectivity index (χ2n) is 7.82. The van der Waals surface area contributed by atoms with Gasteiger partial charge >= 0.3 is 0 Å². The normalized spacial score (nSPS) is 13.8. The summed E-state index contributed by atoms with van der Waals surface area (Å²) in [4.78, 5) is 16.4. The number of hydrogen-bond acceptors (Lipinski definition) is 10. The number of aromatic nitrogens is 3. The van der Waals surface area contributed by atoms with Crippen LogP contribution in [-0.4, -0.2) is 62.5 Å². The molecule has 0 unspecified atom stereocenters. The molecule has 0 bridgehead atoms. The molecule has 11 heteroatoms. The molecule has 1 N–H and O–H groups in total. The lowest BCUT2D eigenvalue weighted by Crippen LogP contribution is -2.37. The van der Waals surface area contributed by atoms with Gasteiger partial charge in [0.05, 0.1) is 44.1 Å². The molecule has 1 aliphatic rings. The lowest BCUT2D eigenvalue weighted by molar-refractivity contribution is 0.122. The fraction of sp³-hybridized carbons (Fsp3) is 0.348. The van der Waals surface area contributed by atoms with Crippen molar-refractivity contribution in [3.8, 4) is 5.75 Å². The Kier molecular flexibility index (Phi) is 7.43. The predicted octanol–water partition coefficient (Wildman–Crippen LogP) is 3.95. The van der Waals surface area contributed by atoms with E-state index in [1.165, 1.54) is 0 Å². The third kappa shape index (κ3) is 5.93. The first-order chi connectivity index (χ1) is 16.5. The Balaban J connectivity index is 1.38. The number of pyridine rings is 1. The third-order valence-corrected chi connectivity index (χ3v) is 5.17. The summed E-state index contributed by atoms with van der Waals surface area (Å²) < 4.78 is 24.8. The van der Waals surface area contributed by atoms with Crippen molar-refractivity contribution >= 4 is 28.8 Å². The van der Waals surface area contributed by atoms with Gasteiger partial charge in [-0.1, -0.05) is 0 Å². The van der Waals surface area contributed by atoms with Crippen molar-refractivity contribution in [1.82, 2.24) is 15.0 Å². The second kappa shape index (κ2) is 10.8. The molecule has 10 nitrogen and oxygen atoms in total. The van der Waals surface area contributed by atoms with Gasteiger partial charge in [-0.3, -0.25) is 4.98 Å². The van der Waals surface area contributed by atoms with E-state index in [-0.39, 0.29) is 18.3 Å². The van der Waals surface area contributed by atoms with E-state index in [2.05, 4.69) is 30.5 Å². The minimum atomic E-state index is -0.487. The minimum Gasteiger partial charge on any atom is -0.497 e. The molecule has 1 fully saturated rings. The molecule has 3 heterocycles. The van der Waals surface area contributed by atoms with Crippen LogP contribution in [0.5, 0.6) is 5.75 Å². The highest BCUT2D eigenvalue weighted by atomic mass is 19.1. The Morgan fingerprint density at radius 2 is 1.94 bits per heavy atom. The van der Waals surface area contributed by atoms with Gasteiger partial charge in [0.25, 0.3) is 5.95 Å². The van der Waals surface area contributed by atoms with Gasteiger partial charge < -0.3 is 24.6 Å². The maximum absolute atomic E-state index is 14.1. The monoisotopic (exact) mass is 466 g/mol. The van der Waals surface area contributed by atoms with Crippen LogP contribution >= 0.6 is 0 Å². The average molecular weight is 467 g/mol. The van der Waals surface area contributed by atoms with Gasteiger partial charge in [-0.25, -0.2) is 9.37 Å². The van der Waals surface area contributed by atoms with Crippen LogP contribution < -0.4 is 19.9 Å². The Hall–Kier alpha value is -3.86. The lowest BCUT2D eigenvalue weighted by atomic mass is 10.2. The molecule has 1 aliphatic heterocycles. The summed E-state index contributed by atoms with van der Waals surface area (Å²) in [6, 6.07) is 9.68. The zero-order valence-corrected chi connectivity index (χ0v) is 19.4. The summed E-state index contributed by atoms with van der Waals surface area (Å²) in [5.41, 5.74) is 3.47. The summed E-state index contributed by atoms with van der Waals surface area (Å²) in [5, 5.41) is 11.5. The second-order valence-corrected chi connectivity index (χ2v) is 7.82. The van der Waals surface area contributed by atoms with Crippen molar-refractivity contribution in [2.45, 2.75) is 6.54 Å². The third-order valence-electron chi connectivity index (χ3n) is 5.17. The SMILES string of the molecule is COc1cc(Nc2ccc(CN=Nc3ncc(F)c(N4CCOCC4)n3)nc2)cc(N(C)C)c1. The molecule has 0 amide bonds. The number of ether oxygens (including phenoxy) is 2. The Morgan fingerprint density at radius 3 is 2.65 bits per heavy atom. The van der Waals surface area contributed by atoms with E-state index < -0.39 is 5.82 Å². The Morgan fingerprint density at radius 1 is 1.12 bits per heavy atom. The number of anilines is 4. The van der Waals surface area contributed by atoms with E-state index in [9.17, 15) is 4.39 Å². The number of methoxy groups -OCH3 is 1. The van der Waals surface area contributed by atoms with Crippen molar-refractivity contribution in [3.05, 3.63) is 54.2 Å². The van der Waals surface area contributed by atoms with E-state index >= 15 is 0 Å². The van der Waals surface area contributed by atoms with Crippen molar-refractivity contribution in [1.29, 1.82) is 0 Å². The van der Waals surface area contributed by atoms with Crippen LogP contribution in [0.15, 0.2) is 53.0 Å². The summed E-state index contributed by atoms with van der Waals surface area (Å²) in [7, 11) is 5.59. The molecule has 34 heavy (non-hydrogen) atoms. The maximum atomic E-state index is 14.1. The first-order valence-corrected chi connectivity index (χ1v) is 10.8. The van der Waals surface area contributed by atoms with Crippen LogP contribution in [0.2, 0.25) is 0 Å². The van der Waals surface area contributed by atoms with Crippen LogP contribution in [0.4, 0.5) is 33.2 Å². The van der Waals surface area contributed by atoms with Crippen LogP contribution in [0.3, 0.4) is 0 Å². The van der Waals surface area contributed by atoms with Crippen LogP contribution in [-0.2, 0) is 11.3 Å². The summed E-state index contributed by atoms with van der Waals surface area (Å²) in [5.74, 6) is 0.601. The number of azo groups is 1. The van der Waals surface area contributed by atoms with E-state index in [0.717, 1.165) is 34.7 Å². The fourth-order valence-electron chi connectivity index (χ4n) is 3.36. The molecule has 0 spiro atoms. The van der Waals surface area contributed by atoms with Crippen LogP contribution in [0.1, 0.15) is 5.69 Å². The van der Waals surface area contributed by atoms with E-state index in [4.69, 9.17) is 9.47 Å². The standard InChI is InChI=1S/C23H27FN8O2/c1-31(2)19-10-18(11-20(12-19)33-3)28-17-5-4-16(25-13-17)14-27-30-23-26-15-21(24)22(29-23)32-6-8-34-9-7-32/h4-5,10-13,15,28H,6-9,14H2,1-3H3. The van der Waals surface area contributed by atoms with Gasteiger partial charge in [0.1, 0.15) is 12.3 Å². The maximum Gasteiger partial charge on any atom is 0.270 e. The number of rotatable bonds is 8. The Bertz CT molecular complexity index is 1130. The van der Waals surface area contributed by atoms with Crippen molar-refractivity contribution < 1.29 is 13.9 Å². The highest BCUT2D eigenvalue weighted by molar-refractivity contribution is 5.67. The number of morpholine rings is 1. The highest BCUT2D eigenvalue weighted by Crippen LogP contribution is 2.28. The number of nitrogens with zero attached hydrogens (tertiary/aromatic N) is 7. The molecule has 3 aromatic rings. The van der Waals surface area contributed by atoms with Gasteiger partial charge in [-0.15, -0.1) is 5.11 Å². The number of benzene rings is 1. The van der Waals surface area contributed by atoms with Crippen molar-refractivity contribution in [2.24, 2.45) is 10.2 Å². The molecule has 0 radical (unpaired) electrons. The topological polar surface area (TPSA) is 100 Å². The summed E-state index contributed by atoms with van der Waals surface area (Å²) in [6.07, 6.45) is 2.84. The summed E-state index contributed by atoms with van der Waals surface area (Å²) in [6.45, 7) is 2.46. The van der Waals surface area contributed by atoms with Gasteiger partial charge in [0, 0.05) is 50.7 Å².